The number of carbonyl (C=O) groups excluding carboxylic acids is 1. The van der Waals surface area contributed by atoms with Crippen LogP contribution in [0.4, 0.5) is 5.82 Å². The molecule has 1 aromatic heterocycles. The molecule has 24 heavy (non-hydrogen) atoms. The Labute approximate surface area is 141 Å². The Morgan fingerprint density at radius 1 is 1.33 bits per heavy atom. The predicted molar refractivity (Wildman–Crippen MR) is 91.0 cm³/mol. The molecule has 7 nitrogen and oxygen atoms in total. The van der Waals surface area contributed by atoms with Gasteiger partial charge in [-0.15, -0.1) is 0 Å². The molecule has 1 N–H and O–H groups in total. The van der Waals surface area contributed by atoms with Crippen LogP contribution in [0.15, 0.2) is 40.9 Å². The van der Waals surface area contributed by atoms with Crippen molar-refractivity contribution in [2.75, 3.05) is 17.1 Å². The molecule has 1 unspecified atom stereocenters. The van der Waals surface area contributed by atoms with Crippen LogP contribution in [0.3, 0.4) is 0 Å². The zero-order valence-corrected chi connectivity index (χ0v) is 14.7. The second-order valence-electron chi connectivity index (χ2n) is 5.58. The average Bonchev–Trinajstić information content (AvgIpc) is 2.93. The van der Waals surface area contributed by atoms with Crippen molar-refractivity contribution in [3.63, 3.8) is 0 Å². The molecule has 0 bridgehead atoms. The lowest BCUT2D eigenvalue weighted by molar-refractivity contribution is -0.121. The van der Waals surface area contributed by atoms with Gasteiger partial charge in [-0.05, 0) is 19.4 Å². The van der Waals surface area contributed by atoms with Gasteiger partial charge in [0.2, 0.25) is 15.9 Å². The van der Waals surface area contributed by atoms with Crippen LogP contribution in [0.25, 0.3) is 0 Å². The van der Waals surface area contributed by atoms with Gasteiger partial charge in [-0.3, -0.25) is 9.10 Å². The first-order valence-electron chi connectivity index (χ1n) is 7.52. The maximum absolute atomic E-state index is 12.1. The molecule has 130 valence electrons. The van der Waals surface area contributed by atoms with Crippen molar-refractivity contribution in [3.8, 4) is 0 Å². The summed E-state index contributed by atoms with van der Waals surface area (Å²) in [6.07, 6.45) is 1.09. The summed E-state index contributed by atoms with van der Waals surface area (Å²) in [5.41, 5.74) is 0.984. The van der Waals surface area contributed by atoms with Crippen molar-refractivity contribution >= 4 is 21.7 Å². The number of sulfonamides is 1. The average molecular weight is 351 g/mol. The summed E-state index contributed by atoms with van der Waals surface area (Å²) in [5, 5.41) is 6.56. The zero-order valence-electron chi connectivity index (χ0n) is 13.9. The third kappa shape index (κ3) is 4.82. The smallest absolute Gasteiger partial charge is 0.233 e. The molecule has 8 heteroatoms. The molecule has 0 fully saturated rings. The van der Waals surface area contributed by atoms with E-state index in [9.17, 15) is 13.2 Å². The Morgan fingerprint density at radius 2 is 2.00 bits per heavy atom. The fourth-order valence-electron chi connectivity index (χ4n) is 2.26. The Balaban J connectivity index is 1.98. The monoisotopic (exact) mass is 351 g/mol. The molecule has 1 aromatic carbocycles. The van der Waals surface area contributed by atoms with E-state index in [0.29, 0.717) is 5.76 Å². The number of amides is 1. The molecule has 0 aliphatic rings. The predicted octanol–water partition coefficient (Wildman–Crippen LogP) is 2.02. The molecule has 0 aliphatic carbocycles. The molecule has 0 radical (unpaired) electrons. The van der Waals surface area contributed by atoms with Gasteiger partial charge in [-0.1, -0.05) is 35.5 Å². The Hall–Kier alpha value is -2.35. The van der Waals surface area contributed by atoms with Crippen LogP contribution in [0.2, 0.25) is 0 Å². The number of nitrogens with zero attached hydrogens (tertiary/aromatic N) is 2. The highest BCUT2D eigenvalue weighted by Crippen LogP contribution is 2.17. The first-order chi connectivity index (χ1) is 11.3. The standard InChI is InChI=1S/C16H21N3O4S/c1-12-11-15(18-23-12)19(24(3,21)22)10-9-16(20)17-13(2)14-7-5-4-6-8-14/h4-8,11,13H,9-10H2,1-3H3,(H,17,20). The summed E-state index contributed by atoms with van der Waals surface area (Å²) >= 11 is 0. The highest BCUT2D eigenvalue weighted by atomic mass is 32.2. The molecular formula is C16H21N3O4S. The first-order valence-corrected chi connectivity index (χ1v) is 9.37. The van der Waals surface area contributed by atoms with E-state index in [1.54, 1.807) is 6.92 Å². The highest BCUT2D eigenvalue weighted by Gasteiger charge is 2.22. The lowest BCUT2D eigenvalue weighted by atomic mass is 10.1. The highest BCUT2D eigenvalue weighted by molar-refractivity contribution is 7.92. The van der Waals surface area contributed by atoms with Crippen molar-refractivity contribution < 1.29 is 17.7 Å². The van der Waals surface area contributed by atoms with Crippen molar-refractivity contribution in [3.05, 3.63) is 47.7 Å². The fraction of sp³-hybridized carbons (Fsp3) is 0.375. The van der Waals surface area contributed by atoms with E-state index < -0.39 is 10.0 Å². The number of aromatic nitrogens is 1. The number of hydrogen-bond acceptors (Lipinski definition) is 5. The molecule has 0 saturated heterocycles. The number of anilines is 1. The molecule has 2 aromatic rings. The minimum atomic E-state index is -3.55. The van der Waals surface area contributed by atoms with Crippen LogP contribution in [0.1, 0.15) is 30.7 Å². The fourth-order valence-corrected chi connectivity index (χ4v) is 3.11. The van der Waals surface area contributed by atoms with Crippen molar-refractivity contribution in [2.45, 2.75) is 26.3 Å². The minimum Gasteiger partial charge on any atom is -0.360 e. The number of benzene rings is 1. The topological polar surface area (TPSA) is 92.5 Å². The van der Waals surface area contributed by atoms with E-state index in [1.165, 1.54) is 6.07 Å². The number of hydrogen-bond donors (Lipinski definition) is 1. The molecule has 0 aliphatic heterocycles. The van der Waals surface area contributed by atoms with E-state index in [1.807, 2.05) is 37.3 Å². The van der Waals surface area contributed by atoms with E-state index in [0.717, 1.165) is 16.1 Å². The lowest BCUT2D eigenvalue weighted by Gasteiger charge is -2.20. The van der Waals surface area contributed by atoms with Gasteiger partial charge in [0.1, 0.15) is 5.76 Å². The largest absolute Gasteiger partial charge is 0.360 e. The Kier molecular flexibility index (Phi) is 5.61. The van der Waals surface area contributed by atoms with Crippen molar-refractivity contribution in [2.24, 2.45) is 0 Å². The van der Waals surface area contributed by atoms with Crippen LogP contribution in [0, 0.1) is 6.92 Å². The first kappa shape index (κ1) is 18.0. The molecule has 1 amide bonds. The van der Waals surface area contributed by atoms with Gasteiger partial charge in [0.25, 0.3) is 0 Å². The molecule has 0 spiro atoms. The summed E-state index contributed by atoms with van der Waals surface area (Å²) < 4.78 is 29.8. The quantitative estimate of drug-likeness (QED) is 0.824. The van der Waals surface area contributed by atoms with E-state index in [4.69, 9.17) is 4.52 Å². The second kappa shape index (κ2) is 7.48. The number of nitrogens with one attached hydrogen (secondary N) is 1. The molecular weight excluding hydrogens is 330 g/mol. The van der Waals surface area contributed by atoms with Gasteiger partial charge in [-0.2, -0.15) is 0 Å². The van der Waals surface area contributed by atoms with Crippen LogP contribution in [0.5, 0.6) is 0 Å². The van der Waals surface area contributed by atoms with Gasteiger partial charge in [0.15, 0.2) is 5.82 Å². The van der Waals surface area contributed by atoms with Gasteiger partial charge >= 0.3 is 0 Å². The Bertz CT molecular complexity index is 787. The molecule has 1 atom stereocenters. The summed E-state index contributed by atoms with van der Waals surface area (Å²) in [6.45, 7) is 3.55. The van der Waals surface area contributed by atoms with Crippen LogP contribution < -0.4 is 9.62 Å². The third-order valence-corrected chi connectivity index (χ3v) is 4.66. The summed E-state index contributed by atoms with van der Waals surface area (Å²) in [4.78, 5) is 12.1. The van der Waals surface area contributed by atoms with Crippen LogP contribution in [-0.4, -0.2) is 32.3 Å². The van der Waals surface area contributed by atoms with Crippen molar-refractivity contribution in [1.82, 2.24) is 10.5 Å². The molecule has 1 heterocycles. The van der Waals surface area contributed by atoms with E-state index >= 15 is 0 Å². The number of rotatable bonds is 7. The summed E-state index contributed by atoms with van der Waals surface area (Å²) in [7, 11) is -3.55. The van der Waals surface area contributed by atoms with Gasteiger partial charge < -0.3 is 9.84 Å². The maximum Gasteiger partial charge on any atom is 0.233 e. The van der Waals surface area contributed by atoms with Crippen LogP contribution >= 0.6 is 0 Å². The molecule has 0 saturated carbocycles. The van der Waals surface area contributed by atoms with Gasteiger partial charge in [0.05, 0.1) is 12.3 Å². The Morgan fingerprint density at radius 3 is 2.54 bits per heavy atom. The molecule has 2 rings (SSSR count). The SMILES string of the molecule is Cc1cc(N(CCC(=O)NC(C)c2ccccc2)S(C)(=O)=O)no1. The van der Waals surface area contributed by atoms with Gasteiger partial charge in [0, 0.05) is 19.0 Å². The van der Waals surface area contributed by atoms with E-state index in [2.05, 4.69) is 10.5 Å². The lowest BCUT2D eigenvalue weighted by Crippen LogP contribution is -2.35. The second-order valence-corrected chi connectivity index (χ2v) is 7.49. The summed E-state index contributed by atoms with van der Waals surface area (Å²) in [5.74, 6) is 0.444. The maximum atomic E-state index is 12.1. The van der Waals surface area contributed by atoms with Crippen molar-refractivity contribution in [1.29, 1.82) is 0 Å². The zero-order chi connectivity index (χ0) is 17.7. The third-order valence-electron chi connectivity index (χ3n) is 3.49. The minimum absolute atomic E-state index is 0.00184. The van der Waals surface area contributed by atoms with Gasteiger partial charge in [-0.25, -0.2) is 8.42 Å². The van der Waals surface area contributed by atoms with E-state index in [-0.39, 0.29) is 30.7 Å². The normalized spacial score (nSPS) is 12.6. The summed E-state index contributed by atoms with van der Waals surface area (Å²) in [6, 6.07) is 10.9. The number of carbonyl (C=O) groups is 1. The van der Waals surface area contributed by atoms with Crippen LogP contribution in [-0.2, 0) is 14.8 Å². The number of aryl methyl sites for hydroxylation is 1.